The van der Waals surface area contributed by atoms with Gasteiger partial charge >= 0.3 is 0 Å². The minimum Gasteiger partial charge on any atom is -0.296 e. The van der Waals surface area contributed by atoms with Crippen LogP contribution in [0.2, 0.25) is 0 Å². The van der Waals surface area contributed by atoms with E-state index in [1.165, 1.54) is 40.3 Å². The van der Waals surface area contributed by atoms with Crippen molar-refractivity contribution in [1.29, 1.82) is 0 Å². The fourth-order valence-corrected chi connectivity index (χ4v) is 3.02. The molecule has 2 heterocycles. The molecule has 0 saturated carbocycles. The van der Waals surface area contributed by atoms with Gasteiger partial charge in [-0.15, -0.1) is 21.5 Å². The minimum absolute atomic E-state index is 0.00591. The van der Waals surface area contributed by atoms with Crippen LogP contribution in [0.15, 0.2) is 29.8 Å². The standard InChI is InChI=1S/C11H6N4O3S2/c16-10(13-11-14-12-5-19-11)9-4-6-3-7(15(17)18)1-2-8(6)20-9/h1-5H,(H,13,14,16). The van der Waals surface area contributed by atoms with Crippen LogP contribution >= 0.6 is 22.7 Å². The second-order valence-electron chi connectivity index (χ2n) is 3.79. The first kappa shape index (κ1) is 12.6. The summed E-state index contributed by atoms with van der Waals surface area (Å²) in [5.74, 6) is -0.300. The highest BCUT2D eigenvalue weighted by Gasteiger charge is 2.14. The Morgan fingerprint density at radius 2 is 2.20 bits per heavy atom. The largest absolute Gasteiger partial charge is 0.296 e. The second-order valence-corrected chi connectivity index (χ2v) is 5.70. The summed E-state index contributed by atoms with van der Waals surface area (Å²) in [5.41, 5.74) is 1.52. The number of nitrogens with one attached hydrogen (secondary N) is 1. The number of nitro benzene ring substituents is 1. The number of carbonyl (C=O) groups excluding carboxylic acids is 1. The number of benzene rings is 1. The molecule has 0 spiro atoms. The molecule has 0 fully saturated rings. The van der Waals surface area contributed by atoms with Crippen LogP contribution in [0.3, 0.4) is 0 Å². The molecule has 0 saturated heterocycles. The van der Waals surface area contributed by atoms with E-state index < -0.39 is 4.92 Å². The van der Waals surface area contributed by atoms with Gasteiger partial charge < -0.3 is 0 Å². The number of fused-ring (bicyclic) bond motifs is 1. The molecule has 2 aromatic heterocycles. The molecule has 0 aliphatic rings. The van der Waals surface area contributed by atoms with E-state index in [1.54, 1.807) is 12.1 Å². The van der Waals surface area contributed by atoms with Crippen molar-refractivity contribution < 1.29 is 9.72 Å². The maximum absolute atomic E-state index is 12.0. The molecule has 0 atom stereocenters. The van der Waals surface area contributed by atoms with E-state index in [4.69, 9.17) is 0 Å². The Morgan fingerprint density at radius 1 is 1.35 bits per heavy atom. The number of hydrogen-bond acceptors (Lipinski definition) is 7. The van der Waals surface area contributed by atoms with Crippen LogP contribution in [0.1, 0.15) is 9.67 Å². The van der Waals surface area contributed by atoms with Crippen LogP contribution in [-0.2, 0) is 0 Å². The first-order valence-corrected chi connectivity index (χ1v) is 7.08. The Morgan fingerprint density at radius 3 is 2.90 bits per heavy atom. The molecule has 0 aliphatic carbocycles. The van der Waals surface area contributed by atoms with Crippen LogP contribution in [0.4, 0.5) is 10.8 Å². The van der Waals surface area contributed by atoms with Crippen molar-refractivity contribution in [3.05, 3.63) is 44.8 Å². The third kappa shape index (κ3) is 2.36. The van der Waals surface area contributed by atoms with Gasteiger partial charge in [-0.1, -0.05) is 11.3 Å². The highest BCUT2D eigenvalue weighted by Crippen LogP contribution is 2.29. The van der Waals surface area contributed by atoms with Gasteiger partial charge in [0.05, 0.1) is 9.80 Å². The quantitative estimate of drug-likeness (QED) is 0.592. The normalized spacial score (nSPS) is 10.6. The van der Waals surface area contributed by atoms with Crippen molar-refractivity contribution in [2.75, 3.05) is 5.32 Å². The zero-order chi connectivity index (χ0) is 14.1. The predicted octanol–water partition coefficient (Wildman–Crippen LogP) is 2.91. The molecule has 3 rings (SSSR count). The van der Waals surface area contributed by atoms with Crippen molar-refractivity contribution in [2.24, 2.45) is 0 Å². The summed E-state index contributed by atoms with van der Waals surface area (Å²) >= 11 is 2.49. The molecule has 9 heteroatoms. The zero-order valence-electron chi connectivity index (χ0n) is 9.77. The highest BCUT2D eigenvalue weighted by atomic mass is 32.1. The van der Waals surface area contributed by atoms with Gasteiger partial charge in [-0.2, -0.15) is 0 Å². The first-order chi connectivity index (χ1) is 9.63. The average Bonchev–Trinajstić information content (AvgIpc) is 3.05. The van der Waals surface area contributed by atoms with Crippen LogP contribution in [0.25, 0.3) is 10.1 Å². The SMILES string of the molecule is O=C(Nc1nncs1)c1cc2cc([N+](=O)[O-])ccc2s1. The molecule has 100 valence electrons. The van der Waals surface area contributed by atoms with E-state index in [9.17, 15) is 14.9 Å². The number of carbonyl (C=O) groups is 1. The molecule has 1 amide bonds. The number of nitro groups is 1. The molecule has 1 aromatic carbocycles. The number of anilines is 1. The van der Waals surface area contributed by atoms with Crippen molar-refractivity contribution in [1.82, 2.24) is 10.2 Å². The molecular formula is C11H6N4O3S2. The van der Waals surface area contributed by atoms with E-state index in [2.05, 4.69) is 15.5 Å². The van der Waals surface area contributed by atoms with Gasteiger partial charge in [0.1, 0.15) is 5.51 Å². The van der Waals surface area contributed by atoms with E-state index in [0.29, 0.717) is 15.4 Å². The topological polar surface area (TPSA) is 98.0 Å². The molecule has 20 heavy (non-hydrogen) atoms. The monoisotopic (exact) mass is 306 g/mol. The van der Waals surface area contributed by atoms with Gasteiger partial charge in [0.25, 0.3) is 11.6 Å². The zero-order valence-corrected chi connectivity index (χ0v) is 11.4. The Labute approximate surface area is 120 Å². The summed E-state index contributed by atoms with van der Waals surface area (Å²) < 4.78 is 0.818. The Bertz CT molecular complexity index is 797. The Balaban J connectivity index is 1.92. The molecule has 0 radical (unpaired) electrons. The van der Waals surface area contributed by atoms with Crippen molar-refractivity contribution in [3.8, 4) is 0 Å². The molecular weight excluding hydrogens is 300 g/mol. The Hall–Kier alpha value is -2.39. The lowest BCUT2D eigenvalue weighted by molar-refractivity contribution is -0.384. The van der Waals surface area contributed by atoms with Crippen molar-refractivity contribution >= 4 is 49.5 Å². The van der Waals surface area contributed by atoms with Crippen LogP contribution in [-0.4, -0.2) is 21.0 Å². The van der Waals surface area contributed by atoms with Gasteiger partial charge in [0.15, 0.2) is 0 Å². The smallest absolute Gasteiger partial charge is 0.270 e. The highest BCUT2D eigenvalue weighted by molar-refractivity contribution is 7.21. The van der Waals surface area contributed by atoms with Crippen molar-refractivity contribution in [2.45, 2.75) is 0 Å². The summed E-state index contributed by atoms with van der Waals surface area (Å²) in [5, 5.41) is 21.8. The van der Waals surface area contributed by atoms with E-state index in [1.807, 2.05) is 0 Å². The molecule has 0 unspecified atom stereocenters. The number of amides is 1. The molecule has 1 N–H and O–H groups in total. The first-order valence-electron chi connectivity index (χ1n) is 5.39. The van der Waals surface area contributed by atoms with E-state index in [-0.39, 0.29) is 11.6 Å². The van der Waals surface area contributed by atoms with E-state index >= 15 is 0 Å². The van der Waals surface area contributed by atoms with Gasteiger partial charge in [-0.25, -0.2) is 0 Å². The Kier molecular flexibility index (Phi) is 3.12. The summed E-state index contributed by atoms with van der Waals surface area (Å²) in [7, 11) is 0. The fourth-order valence-electron chi connectivity index (χ4n) is 1.64. The average molecular weight is 306 g/mol. The lowest BCUT2D eigenvalue weighted by atomic mass is 10.2. The summed E-state index contributed by atoms with van der Waals surface area (Å²) in [6.07, 6.45) is 0. The fraction of sp³-hybridized carbons (Fsp3) is 0. The second kappa shape index (κ2) is 4.94. The van der Waals surface area contributed by atoms with Crippen LogP contribution in [0.5, 0.6) is 0 Å². The lowest BCUT2D eigenvalue weighted by Gasteiger charge is -1.95. The maximum atomic E-state index is 12.0. The molecule has 0 bridgehead atoms. The number of nitrogens with zero attached hydrogens (tertiary/aromatic N) is 3. The number of hydrogen-bond donors (Lipinski definition) is 1. The third-order valence-corrected chi connectivity index (χ3v) is 4.24. The number of aromatic nitrogens is 2. The molecule has 0 aliphatic heterocycles. The summed E-state index contributed by atoms with van der Waals surface area (Å²) in [6, 6.07) is 6.14. The van der Waals surface area contributed by atoms with E-state index in [0.717, 1.165) is 4.70 Å². The molecule has 7 nitrogen and oxygen atoms in total. The number of non-ortho nitro benzene ring substituents is 1. The summed E-state index contributed by atoms with van der Waals surface area (Å²) in [6.45, 7) is 0. The number of rotatable bonds is 3. The minimum atomic E-state index is -0.460. The lowest BCUT2D eigenvalue weighted by Crippen LogP contribution is -2.09. The van der Waals surface area contributed by atoms with Gasteiger partial charge in [0.2, 0.25) is 5.13 Å². The van der Waals surface area contributed by atoms with Crippen LogP contribution in [0, 0.1) is 10.1 Å². The van der Waals surface area contributed by atoms with Crippen molar-refractivity contribution in [3.63, 3.8) is 0 Å². The van der Waals surface area contributed by atoms with Gasteiger partial charge in [0, 0.05) is 22.2 Å². The maximum Gasteiger partial charge on any atom is 0.270 e. The summed E-state index contributed by atoms with van der Waals surface area (Å²) in [4.78, 5) is 22.7. The number of thiophene rings is 1. The van der Waals surface area contributed by atoms with Crippen LogP contribution < -0.4 is 5.32 Å². The van der Waals surface area contributed by atoms with Gasteiger partial charge in [-0.05, 0) is 12.1 Å². The molecule has 3 aromatic rings. The predicted molar refractivity (Wildman–Crippen MR) is 76.3 cm³/mol. The van der Waals surface area contributed by atoms with Gasteiger partial charge in [-0.3, -0.25) is 20.2 Å². The third-order valence-electron chi connectivity index (χ3n) is 2.51.